The first-order chi connectivity index (χ1) is 7.95. The van der Waals surface area contributed by atoms with Crippen molar-refractivity contribution in [3.05, 3.63) is 46.7 Å². The van der Waals surface area contributed by atoms with Crippen LogP contribution >= 0.6 is 0 Å². The van der Waals surface area contributed by atoms with Crippen molar-refractivity contribution < 1.29 is 0 Å². The highest BCUT2D eigenvalue weighted by Crippen LogP contribution is 2.30. The molecule has 76 valence electrons. The van der Waals surface area contributed by atoms with E-state index in [0.717, 1.165) is 24.2 Å². The van der Waals surface area contributed by atoms with Gasteiger partial charge in [-0.05, 0) is 28.9 Å². The molecule has 2 aliphatic rings. The highest BCUT2D eigenvalue weighted by molar-refractivity contribution is 5.86. The zero-order valence-corrected chi connectivity index (χ0v) is 8.77. The molecule has 2 nitrogen and oxygen atoms in total. The number of benzene rings is 1. The lowest BCUT2D eigenvalue weighted by Gasteiger charge is -2.05. The van der Waals surface area contributed by atoms with E-state index in [2.05, 4.69) is 34.2 Å². The van der Waals surface area contributed by atoms with Gasteiger partial charge in [0.25, 0.3) is 0 Å². The van der Waals surface area contributed by atoms with Crippen LogP contribution in [-0.4, -0.2) is 9.97 Å². The van der Waals surface area contributed by atoms with Gasteiger partial charge in [0.15, 0.2) is 0 Å². The molecule has 0 unspecified atom stereocenters. The maximum atomic E-state index is 4.49. The molecule has 0 saturated heterocycles. The third-order valence-corrected chi connectivity index (χ3v) is 3.40. The van der Waals surface area contributed by atoms with Crippen LogP contribution in [0.3, 0.4) is 0 Å². The molecule has 0 spiro atoms. The maximum Gasteiger partial charge on any atom is 0.0968 e. The van der Waals surface area contributed by atoms with E-state index in [1.54, 1.807) is 12.4 Å². The summed E-state index contributed by atoms with van der Waals surface area (Å²) in [6.07, 6.45) is 8.08. The Morgan fingerprint density at radius 1 is 1.00 bits per heavy atom. The van der Waals surface area contributed by atoms with Crippen molar-refractivity contribution in [3.8, 4) is 11.3 Å². The molecule has 2 heteroatoms. The topological polar surface area (TPSA) is 25.8 Å². The van der Waals surface area contributed by atoms with E-state index in [1.807, 2.05) is 0 Å². The van der Waals surface area contributed by atoms with Crippen molar-refractivity contribution in [1.29, 1.82) is 0 Å². The first-order valence-corrected chi connectivity index (χ1v) is 5.59. The summed E-state index contributed by atoms with van der Waals surface area (Å²) >= 11 is 0. The molecule has 4 rings (SSSR count). The molecule has 1 heterocycles. The Morgan fingerprint density at radius 2 is 1.88 bits per heavy atom. The molecule has 0 bridgehead atoms. The number of hydrogen-bond donors (Lipinski definition) is 0. The Balaban J connectivity index is 2.29. The number of nitrogens with zero attached hydrogens (tertiary/aromatic N) is 2. The number of fused-ring (bicyclic) bond motifs is 3. The fourth-order valence-corrected chi connectivity index (χ4v) is 2.76. The second-order valence-electron chi connectivity index (χ2n) is 4.24. The molecular formula is C14H10N2. The fraction of sp³-hybridized carbons (Fsp3) is 0.143. The largest absolute Gasteiger partial charge is 0.253 e. The van der Waals surface area contributed by atoms with E-state index in [-0.39, 0.29) is 0 Å². The zero-order valence-electron chi connectivity index (χ0n) is 8.77. The first-order valence-electron chi connectivity index (χ1n) is 5.59. The number of aromatic nitrogens is 2. The zero-order chi connectivity index (χ0) is 10.5. The van der Waals surface area contributed by atoms with Crippen LogP contribution in [0.2, 0.25) is 0 Å². The molecule has 1 aromatic heterocycles. The molecule has 0 fully saturated rings. The van der Waals surface area contributed by atoms with Gasteiger partial charge in [-0.15, -0.1) is 0 Å². The van der Waals surface area contributed by atoms with Gasteiger partial charge in [0.05, 0.1) is 11.4 Å². The SMILES string of the molecule is C1=c2cccc3c2=C(CC1)c1nccnc1-3. The van der Waals surface area contributed by atoms with Crippen LogP contribution in [0.5, 0.6) is 0 Å². The molecule has 16 heavy (non-hydrogen) atoms. The predicted molar refractivity (Wildman–Crippen MR) is 62.9 cm³/mol. The van der Waals surface area contributed by atoms with Gasteiger partial charge in [0.1, 0.15) is 0 Å². The van der Waals surface area contributed by atoms with E-state index in [4.69, 9.17) is 0 Å². The van der Waals surface area contributed by atoms with Crippen molar-refractivity contribution >= 4 is 11.6 Å². The average Bonchev–Trinajstić information content (AvgIpc) is 2.68. The van der Waals surface area contributed by atoms with E-state index >= 15 is 0 Å². The summed E-state index contributed by atoms with van der Waals surface area (Å²) in [7, 11) is 0. The van der Waals surface area contributed by atoms with Gasteiger partial charge in [-0.1, -0.05) is 24.3 Å². The van der Waals surface area contributed by atoms with Gasteiger partial charge in [0.2, 0.25) is 0 Å². The van der Waals surface area contributed by atoms with Gasteiger partial charge >= 0.3 is 0 Å². The molecule has 0 aliphatic heterocycles. The Bertz CT molecular complexity index is 714. The van der Waals surface area contributed by atoms with Crippen molar-refractivity contribution in [2.24, 2.45) is 0 Å². The normalized spacial score (nSPS) is 15.4. The second kappa shape index (κ2) is 2.79. The smallest absolute Gasteiger partial charge is 0.0968 e. The van der Waals surface area contributed by atoms with Crippen molar-refractivity contribution in [2.45, 2.75) is 12.8 Å². The van der Waals surface area contributed by atoms with E-state index in [9.17, 15) is 0 Å². The molecule has 2 aromatic rings. The molecule has 1 aromatic carbocycles. The minimum atomic E-state index is 1.06. The molecule has 0 atom stereocenters. The van der Waals surface area contributed by atoms with Gasteiger partial charge in [-0.3, -0.25) is 9.97 Å². The third-order valence-electron chi connectivity index (χ3n) is 3.40. The van der Waals surface area contributed by atoms with Gasteiger partial charge in [0, 0.05) is 18.0 Å². The lowest BCUT2D eigenvalue weighted by Crippen LogP contribution is -2.28. The average molecular weight is 206 g/mol. The minimum Gasteiger partial charge on any atom is -0.253 e. The van der Waals surface area contributed by atoms with Crippen LogP contribution in [0, 0.1) is 0 Å². The lowest BCUT2D eigenvalue weighted by molar-refractivity contribution is 1.06. The van der Waals surface area contributed by atoms with Crippen LogP contribution in [-0.2, 0) is 0 Å². The van der Waals surface area contributed by atoms with Crippen molar-refractivity contribution in [1.82, 2.24) is 9.97 Å². The van der Waals surface area contributed by atoms with Crippen LogP contribution in [0.25, 0.3) is 22.9 Å². The highest BCUT2D eigenvalue weighted by Gasteiger charge is 2.23. The van der Waals surface area contributed by atoms with E-state index in [1.165, 1.54) is 21.6 Å². The fourth-order valence-electron chi connectivity index (χ4n) is 2.76. The Kier molecular flexibility index (Phi) is 1.43. The van der Waals surface area contributed by atoms with Crippen LogP contribution in [0.1, 0.15) is 18.5 Å². The molecule has 0 amide bonds. The Morgan fingerprint density at radius 3 is 2.81 bits per heavy atom. The van der Waals surface area contributed by atoms with E-state index < -0.39 is 0 Å². The third kappa shape index (κ3) is 0.871. The summed E-state index contributed by atoms with van der Waals surface area (Å²) in [4.78, 5) is 8.96. The van der Waals surface area contributed by atoms with E-state index in [0.29, 0.717) is 0 Å². The van der Waals surface area contributed by atoms with Crippen LogP contribution in [0.4, 0.5) is 0 Å². The molecular weight excluding hydrogens is 196 g/mol. The van der Waals surface area contributed by atoms with Crippen molar-refractivity contribution in [3.63, 3.8) is 0 Å². The monoisotopic (exact) mass is 206 g/mol. The summed E-state index contributed by atoms with van der Waals surface area (Å²) in [5, 5.41) is 2.72. The summed E-state index contributed by atoms with van der Waals surface area (Å²) in [6, 6.07) is 6.44. The second-order valence-corrected chi connectivity index (χ2v) is 4.24. The summed E-state index contributed by atoms with van der Waals surface area (Å²) < 4.78 is 0. The van der Waals surface area contributed by atoms with Crippen molar-refractivity contribution in [2.75, 3.05) is 0 Å². The quantitative estimate of drug-likeness (QED) is 0.648. The first kappa shape index (κ1) is 8.22. The van der Waals surface area contributed by atoms with Gasteiger partial charge < -0.3 is 0 Å². The van der Waals surface area contributed by atoms with Crippen LogP contribution < -0.4 is 10.4 Å². The maximum absolute atomic E-state index is 4.49. The summed E-state index contributed by atoms with van der Waals surface area (Å²) in [6.45, 7) is 0. The lowest BCUT2D eigenvalue weighted by atomic mass is 10.0. The highest BCUT2D eigenvalue weighted by atomic mass is 14.8. The molecule has 2 aliphatic carbocycles. The summed E-state index contributed by atoms with van der Waals surface area (Å²) in [5.74, 6) is 0. The standard InChI is InChI=1S/C14H10N2/c1-3-9-4-2-6-11-12(9)10(5-1)13-14(11)16-8-7-15-13/h1,3-5,7-8H,2,6H2. The molecule has 0 radical (unpaired) electrons. The summed E-state index contributed by atoms with van der Waals surface area (Å²) in [5.41, 5.74) is 4.80. The minimum absolute atomic E-state index is 1.06. The Hall–Kier alpha value is -1.96. The predicted octanol–water partition coefficient (Wildman–Crippen LogP) is 1.23. The van der Waals surface area contributed by atoms with Gasteiger partial charge in [-0.25, -0.2) is 0 Å². The van der Waals surface area contributed by atoms with Gasteiger partial charge in [-0.2, -0.15) is 0 Å². The molecule has 0 N–H and O–H groups in total. The Labute approximate surface area is 93.0 Å². The van der Waals surface area contributed by atoms with Crippen LogP contribution in [0.15, 0.2) is 30.6 Å². The number of rotatable bonds is 0. The number of hydrogen-bond acceptors (Lipinski definition) is 2. The molecule has 0 saturated carbocycles.